The van der Waals surface area contributed by atoms with Crippen LogP contribution in [0.25, 0.3) is 0 Å². The molecule has 2 fully saturated rings. The van der Waals surface area contributed by atoms with E-state index >= 15 is 4.39 Å². The molecule has 44 heavy (non-hydrogen) atoms. The van der Waals surface area contributed by atoms with E-state index in [1.807, 2.05) is 30.3 Å². The topological polar surface area (TPSA) is 70.1 Å². The largest absolute Gasteiger partial charge is 0.493 e. The third kappa shape index (κ3) is 7.53. The molecule has 1 aliphatic carbocycles. The molecule has 1 N–H and O–H groups in total. The molecule has 3 aromatic rings. The van der Waals surface area contributed by atoms with Gasteiger partial charge in [0.1, 0.15) is 23.8 Å². The first-order valence-corrected chi connectivity index (χ1v) is 15.8. The van der Waals surface area contributed by atoms with Crippen molar-refractivity contribution in [3.63, 3.8) is 0 Å². The van der Waals surface area contributed by atoms with Crippen LogP contribution in [-0.4, -0.2) is 65.2 Å². The molecule has 5 rings (SSSR count). The molecule has 234 valence electrons. The van der Waals surface area contributed by atoms with E-state index in [1.54, 1.807) is 6.07 Å². The summed E-state index contributed by atoms with van der Waals surface area (Å²) < 4.78 is 35.5. The number of hydrogen-bond acceptors (Lipinski definition) is 4. The summed E-state index contributed by atoms with van der Waals surface area (Å²) in [4.78, 5) is 28.0. The van der Waals surface area contributed by atoms with Crippen molar-refractivity contribution >= 4 is 35.1 Å². The van der Waals surface area contributed by atoms with Crippen molar-refractivity contribution in [2.75, 3.05) is 26.2 Å². The van der Waals surface area contributed by atoms with Crippen molar-refractivity contribution < 1.29 is 28.2 Å². The second-order valence-corrected chi connectivity index (χ2v) is 12.4. The fourth-order valence-electron chi connectivity index (χ4n) is 6.06. The molecule has 3 atom stereocenters. The summed E-state index contributed by atoms with van der Waals surface area (Å²) in [5.74, 6) is -2.41. The van der Waals surface area contributed by atoms with E-state index in [2.05, 4.69) is 24.0 Å². The molecule has 0 aromatic heterocycles. The van der Waals surface area contributed by atoms with Gasteiger partial charge < -0.3 is 14.7 Å². The van der Waals surface area contributed by atoms with E-state index in [0.29, 0.717) is 35.4 Å². The molecule has 10 heteroatoms. The van der Waals surface area contributed by atoms with Gasteiger partial charge >= 0.3 is 5.97 Å². The van der Waals surface area contributed by atoms with Crippen molar-refractivity contribution in [3.05, 3.63) is 98.8 Å². The minimum atomic E-state index is -1.46. The molecule has 0 bridgehead atoms. The van der Waals surface area contributed by atoms with Crippen LogP contribution in [0.15, 0.2) is 60.7 Å². The van der Waals surface area contributed by atoms with Gasteiger partial charge in [0.05, 0.1) is 24.8 Å². The Morgan fingerprint density at radius 3 is 2.39 bits per heavy atom. The summed E-state index contributed by atoms with van der Waals surface area (Å²) in [6.45, 7) is 3.58. The SMILES string of the molecule is CCCN(CCCOc1cc(F)c(C(=O)N2C[C@H](F)C[C@H]2C(=O)O)cc1C1CC1)[C@@H](c1ccccc1)c1cc(Cl)cc(Cl)c1. The lowest BCUT2D eigenvalue weighted by Crippen LogP contribution is -2.41. The molecular weight excluding hydrogens is 609 g/mol. The molecule has 1 amide bonds. The number of halogens is 4. The zero-order valence-electron chi connectivity index (χ0n) is 24.5. The van der Waals surface area contributed by atoms with Crippen molar-refractivity contribution in [2.45, 2.75) is 63.2 Å². The molecule has 1 saturated heterocycles. The number of carboxylic acids is 1. The Morgan fingerprint density at radius 1 is 1.05 bits per heavy atom. The fraction of sp³-hybridized carbons (Fsp3) is 0.412. The molecule has 1 heterocycles. The van der Waals surface area contributed by atoms with E-state index < -0.39 is 29.9 Å². The monoisotopic (exact) mass is 644 g/mol. The number of ether oxygens (including phenoxy) is 1. The number of amides is 1. The van der Waals surface area contributed by atoms with Gasteiger partial charge in [-0.25, -0.2) is 13.6 Å². The quantitative estimate of drug-likeness (QED) is 0.191. The first-order valence-electron chi connectivity index (χ1n) is 15.0. The standard InChI is InChI=1S/C34H36Cl2F2N2O4/c1-2-11-39(32(22-7-4-3-5-8-22)23-14-24(35)16-25(36)15-23)12-6-13-44-31-19-29(38)28(18-27(31)21-9-10-21)33(41)40-20-26(37)17-30(40)34(42)43/h3-5,7-8,14-16,18-19,21,26,30,32H,2,6,9-13,17,20H2,1H3,(H,42,43)/t26-,30+,32+/m1/s1. The molecule has 0 spiro atoms. The lowest BCUT2D eigenvalue weighted by molar-refractivity contribution is -0.141. The molecular formula is C34H36Cl2F2N2O4. The summed E-state index contributed by atoms with van der Waals surface area (Å²) in [7, 11) is 0. The highest BCUT2D eigenvalue weighted by atomic mass is 35.5. The Kier molecular flexibility index (Phi) is 10.4. The number of aliphatic carboxylic acids is 1. The summed E-state index contributed by atoms with van der Waals surface area (Å²) in [5, 5.41) is 10.6. The van der Waals surface area contributed by atoms with Crippen LogP contribution in [0.1, 0.15) is 78.0 Å². The molecule has 1 saturated carbocycles. The predicted octanol–water partition coefficient (Wildman–Crippen LogP) is 7.92. The van der Waals surface area contributed by atoms with Gasteiger partial charge in [-0.3, -0.25) is 9.69 Å². The molecule has 3 aromatic carbocycles. The van der Waals surface area contributed by atoms with Crippen molar-refractivity contribution in [1.29, 1.82) is 0 Å². The van der Waals surface area contributed by atoms with Gasteiger partial charge in [-0.1, -0.05) is 60.5 Å². The Morgan fingerprint density at radius 2 is 1.75 bits per heavy atom. The zero-order valence-corrected chi connectivity index (χ0v) is 26.0. The summed E-state index contributed by atoms with van der Waals surface area (Å²) >= 11 is 12.8. The second-order valence-electron chi connectivity index (χ2n) is 11.5. The van der Waals surface area contributed by atoms with Crippen molar-refractivity contribution in [2.24, 2.45) is 0 Å². The van der Waals surface area contributed by atoms with Crippen molar-refractivity contribution in [3.8, 4) is 5.75 Å². The number of carbonyl (C=O) groups is 2. The first kappa shape index (κ1) is 32.2. The maximum Gasteiger partial charge on any atom is 0.326 e. The smallest absolute Gasteiger partial charge is 0.326 e. The third-order valence-electron chi connectivity index (χ3n) is 8.18. The van der Waals surface area contributed by atoms with Gasteiger partial charge in [-0.05, 0) is 79.1 Å². The van der Waals surface area contributed by atoms with Gasteiger partial charge in [0.15, 0.2) is 0 Å². The molecule has 2 aliphatic rings. The highest BCUT2D eigenvalue weighted by Gasteiger charge is 2.41. The Bertz CT molecular complexity index is 1470. The van der Waals surface area contributed by atoms with Gasteiger partial charge in [0.25, 0.3) is 5.91 Å². The van der Waals surface area contributed by atoms with E-state index in [0.717, 1.165) is 47.4 Å². The third-order valence-corrected chi connectivity index (χ3v) is 8.62. The molecule has 6 nitrogen and oxygen atoms in total. The van der Waals surface area contributed by atoms with E-state index in [-0.39, 0.29) is 30.5 Å². The highest BCUT2D eigenvalue weighted by Crippen LogP contribution is 2.45. The average Bonchev–Trinajstić information content (AvgIpc) is 3.75. The Hall–Kier alpha value is -3.20. The number of nitrogens with zero attached hydrogens (tertiary/aromatic N) is 2. The van der Waals surface area contributed by atoms with Crippen molar-refractivity contribution in [1.82, 2.24) is 9.80 Å². The maximum atomic E-state index is 15.3. The van der Waals surface area contributed by atoms with Gasteiger partial charge in [-0.15, -0.1) is 0 Å². The molecule has 0 radical (unpaired) electrons. The second kappa shape index (κ2) is 14.3. The van der Waals surface area contributed by atoms with Gasteiger partial charge in [0.2, 0.25) is 0 Å². The van der Waals surface area contributed by atoms with Crippen LogP contribution in [0.4, 0.5) is 8.78 Å². The van der Waals surface area contributed by atoms with E-state index in [9.17, 15) is 19.1 Å². The normalized spacial score (nSPS) is 18.9. The van der Waals surface area contributed by atoms with Gasteiger partial charge in [0, 0.05) is 29.1 Å². The average molecular weight is 646 g/mol. The number of rotatable bonds is 13. The summed E-state index contributed by atoms with van der Waals surface area (Å²) in [5.41, 5.74) is 2.57. The van der Waals surface area contributed by atoms with Crippen LogP contribution >= 0.6 is 23.2 Å². The number of alkyl halides is 1. The highest BCUT2D eigenvalue weighted by molar-refractivity contribution is 6.34. The maximum absolute atomic E-state index is 15.3. The number of likely N-dealkylation sites (tertiary alicyclic amines) is 1. The number of benzene rings is 3. The van der Waals surface area contributed by atoms with E-state index in [4.69, 9.17) is 27.9 Å². The number of carboxylic acid groups (broad SMARTS) is 1. The van der Waals surface area contributed by atoms with Crippen LogP contribution in [-0.2, 0) is 4.79 Å². The zero-order chi connectivity index (χ0) is 31.4. The van der Waals surface area contributed by atoms with Crippen LogP contribution in [0.5, 0.6) is 5.75 Å². The van der Waals surface area contributed by atoms with E-state index in [1.165, 1.54) is 12.1 Å². The van der Waals surface area contributed by atoms with Crippen LogP contribution < -0.4 is 4.74 Å². The van der Waals surface area contributed by atoms with Crippen LogP contribution in [0, 0.1) is 5.82 Å². The van der Waals surface area contributed by atoms with Crippen LogP contribution in [0.3, 0.4) is 0 Å². The Labute approximate surface area is 266 Å². The first-order chi connectivity index (χ1) is 21.2. The van der Waals surface area contributed by atoms with Gasteiger partial charge in [-0.2, -0.15) is 0 Å². The Balaban J connectivity index is 1.31. The minimum absolute atomic E-state index is 0.0822. The lowest BCUT2D eigenvalue weighted by atomic mass is 9.96. The molecule has 0 unspecified atom stereocenters. The predicted molar refractivity (Wildman–Crippen MR) is 167 cm³/mol. The number of hydrogen-bond donors (Lipinski definition) is 1. The molecule has 1 aliphatic heterocycles. The summed E-state index contributed by atoms with van der Waals surface area (Å²) in [6.07, 6.45) is 1.58. The fourth-order valence-corrected chi connectivity index (χ4v) is 6.60. The van der Waals surface area contributed by atoms with Crippen LogP contribution in [0.2, 0.25) is 10.0 Å². The number of carbonyl (C=O) groups excluding carboxylic acids is 1. The summed E-state index contributed by atoms with van der Waals surface area (Å²) in [6, 6.07) is 17.0. The lowest BCUT2D eigenvalue weighted by Gasteiger charge is -2.33. The minimum Gasteiger partial charge on any atom is -0.493 e.